The molecule has 6 heteroatoms. The zero-order chi connectivity index (χ0) is 14.5. The predicted molar refractivity (Wildman–Crippen MR) is 82.1 cm³/mol. The van der Waals surface area contributed by atoms with Gasteiger partial charge in [-0.3, -0.25) is 0 Å². The molecule has 106 valence electrons. The number of nitrogens with zero attached hydrogens (tertiary/aromatic N) is 1. The Labute approximate surface area is 127 Å². The fraction of sp³-hybridized carbons (Fsp3) is 0.286. The van der Waals surface area contributed by atoms with Gasteiger partial charge in [-0.1, -0.05) is 23.7 Å². The molecule has 0 aliphatic heterocycles. The van der Waals surface area contributed by atoms with Gasteiger partial charge in [-0.25, -0.2) is 9.78 Å². The van der Waals surface area contributed by atoms with Crippen molar-refractivity contribution in [3.63, 3.8) is 0 Å². The van der Waals surface area contributed by atoms with Crippen molar-refractivity contribution in [3.05, 3.63) is 50.9 Å². The van der Waals surface area contributed by atoms with Gasteiger partial charge < -0.3 is 10.6 Å². The summed E-state index contributed by atoms with van der Waals surface area (Å²) in [6.45, 7) is 4.32. The smallest absolute Gasteiger partial charge is 0.315 e. The summed E-state index contributed by atoms with van der Waals surface area (Å²) >= 11 is 7.35. The summed E-state index contributed by atoms with van der Waals surface area (Å²) in [5, 5.41) is 9.24. The summed E-state index contributed by atoms with van der Waals surface area (Å²) in [6.07, 6.45) is 0. The van der Waals surface area contributed by atoms with E-state index in [-0.39, 0.29) is 12.1 Å². The Morgan fingerprint density at radius 2 is 2.10 bits per heavy atom. The zero-order valence-electron chi connectivity index (χ0n) is 11.3. The summed E-state index contributed by atoms with van der Waals surface area (Å²) < 4.78 is 0. The number of hydrogen-bond acceptors (Lipinski definition) is 3. The maximum absolute atomic E-state index is 11.8. The largest absolute Gasteiger partial charge is 0.334 e. The molecule has 0 radical (unpaired) electrons. The second kappa shape index (κ2) is 6.72. The van der Waals surface area contributed by atoms with E-state index in [1.54, 1.807) is 23.5 Å². The Balaban J connectivity index is 1.82. The van der Waals surface area contributed by atoms with Crippen LogP contribution in [0.15, 0.2) is 29.6 Å². The molecule has 0 fully saturated rings. The molecular weight excluding hydrogens is 294 g/mol. The number of hydrogen-bond donors (Lipinski definition) is 2. The molecule has 2 aromatic rings. The number of thiazole rings is 1. The van der Waals surface area contributed by atoms with Crippen LogP contribution < -0.4 is 10.6 Å². The van der Waals surface area contributed by atoms with Crippen LogP contribution >= 0.6 is 22.9 Å². The zero-order valence-corrected chi connectivity index (χ0v) is 12.9. The van der Waals surface area contributed by atoms with E-state index in [2.05, 4.69) is 15.6 Å². The van der Waals surface area contributed by atoms with Crippen molar-refractivity contribution in [2.24, 2.45) is 0 Å². The number of carbonyl (C=O) groups is 1. The Hall–Kier alpha value is -1.59. The van der Waals surface area contributed by atoms with E-state index in [0.29, 0.717) is 11.6 Å². The van der Waals surface area contributed by atoms with Crippen LogP contribution in [0.25, 0.3) is 0 Å². The third-order valence-electron chi connectivity index (χ3n) is 2.72. The van der Waals surface area contributed by atoms with Gasteiger partial charge in [0.1, 0.15) is 5.01 Å². The first-order valence-corrected chi connectivity index (χ1v) is 7.51. The highest BCUT2D eigenvalue weighted by Gasteiger charge is 2.12. The lowest BCUT2D eigenvalue weighted by Gasteiger charge is -2.12. The van der Waals surface area contributed by atoms with E-state index < -0.39 is 0 Å². The minimum atomic E-state index is -0.208. The Morgan fingerprint density at radius 3 is 2.70 bits per heavy atom. The lowest BCUT2D eigenvalue weighted by atomic mass is 10.2. The van der Waals surface area contributed by atoms with Gasteiger partial charge in [0.25, 0.3) is 0 Å². The van der Waals surface area contributed by atoms with Gasteiger partial charge in [-0.05, 0) is 31.5 Å². The SMILES string of the molecule is Cc1csc(C(C)NC(=O)NCc2ccc(Cl)cc2)n1. The minimum absolute atomic E-state index is 0.0982. The molecule has 1 unspecified atom stereocenters. The van der Waals surface area contributed by atoms with Crippen LogP contribution in [0, 0.1) is 6.92 Å². The molecule has 0 aliphatic carbocycles. The molecular formula is C14H16ClN3OS. The first-order valence-electron chi connectivity index (χ1n) is 6.25. The average Bonchev–Trinajstić information content (AvgIpc) is 2.85. The molecule has 1 aromatic carbocycles. The monoisotopic (exact) mass is 309 g/mol. The number of benzene rings is 1. The van der Waals surface area contributed by atoms with Crippen LogP contribution in [-0.4, -0.2) is 11.0 Å². The third kappa shape index (κ3) is 4.21. The van der Waals surface area contributed by atoms with Crippen molar-refractivity contribution in [3.8, 4) is 0 Å². The summed E-state index contributed by atoms with van der Waals surface area (Å²) in [7, 11) is 0. The van der Waals surface area contributed by atoms with Crippen molar-refractivity contribution < 1.29 is 4.79 Å². The van der Waals surface area contributed by atoms with Gasteiger partial charge in [0.2, 0.25) is 0 Å². The molecule has 1 heterocycles. The van der Waals surface area contributed by atoms with Crippen molar-refractivity contribution in [1.82, 2.24) is 15.6 Å². The Morgan fingerprint density at radius 1 is 1.40 bits per heavy atom. The van der Waals surface area contributed by atoms with Gasteiger partial charge in [-0.2, -0.15) is 0 Å². The molecule has 0 saturated heterocycles. The van der Waals surface area contributed by atoms with E-state index in [1.165, 1.54) is 0 Å². The van der Waals surface area contributed by atoms with Gasteiger partial charge in [0.05, 0.1) is 6.04 Å². The molecule has 2 rings (SSSR count). The van der Waals surface area contributed by atoms with Crippen LogP contribution in [-0.2, 0) is 6.54 Å². The van der Waals surface area contributed by atoms with Gasteiger partial charge in [0.15, 0.2) is 0 Å². The second-order valence-electron chi connectivity index (χ2n) is 4.50. The van der Waals surface area contributed by atoms with E-state index in [0.717, 1.165) is 16.3 Å². The number of halogens is 1. The summed E-state index contributed by atoms with van der Waals surface area (Å²) in [5.74, 6) is 0. The van der Waals surface area contributed by atoms with Crippen LogP contribution in [0.1, 0.15) is 29.2 Å². The van der Waals surface area contributed by atoms with E-state index in [1.807, 2.05) is 31.4 Å². The van der Waals surface area contributed by atoms with Crippen LogP contribution in [0.4, 0.5) is 4.79 Å². The quantitative estimate of drug-likeness (QED) is 0.905. The number of nitrogens with one attached hydrogen (secondary N) is 2. The number of urea groups is 1. The average molecular weight is 310 g/mol. The first kappa shape index (κ1) is 14.8. The van der Waals surface area contributed by atoms with Gasteiger partial charge in [-0.15, -0.1) is 11.3 Å². The highest BCUT2D eigenvalue weighted by atomic mass is 35.5. The molecule has 1 aromatic heterocycles. The van der Waals surface area contributed by atoms with Crippen LogP contribution in [0.2, 0.25) is 5.02 Å². The maximum Gasteiger partial charge on any atom is 0.315 e. The number of amides is 2. The minimum Gasteiger partial charge on any atom is -0.334 e. The Kier molecular flexibility index (Phi) is 4.98. The Bertz CT molecular complexity index is 582. The molecule has 2 N–H and O–H groups in total. The fourth-order valence-corrected chi connectivity index (χ4v) is 2.59. The second-order valence-corrected chi connectivity index (χ2v) is 5.83. The molecule has 20 heavy (non-hydrogen) atoms. The van der Waals surface area contributed by atoms with E-state index >= 15 is 0 Å². The van der Waals surface area contributed by atoms with Gasteiger partial charge in [0, 0.05) is 22.6 Å². The standard InChI is InChI=1S/C14H16ClN3OS/c1-9-8-20-13(17-9)10(2)18-14(19)16-7-11-3-5-12(15)6-4-11/h3-6,8,10H,7H2,1-2H3,(H2,16,18,19). The summed E-state index contributed by atoms with van der Waals surface area (Å²) in [6, 6.07) is 7.07. The van der Waals surface area contributed by atoms with Gasteiger partial charge >= 0.3 is 6.03 Å². The van der Waals surface area contributed by atoms with Crippen molar-refractivity contribution in [2.75, 3.05) is 0 Å². The van der Waals surface area contributed by atoms with Crippen molar-refractivity contribution in [1.29, 1.82) is 0 Å². The number of aryl methyl sites for hydroxylation is 1. The molecule has 0 spiro atoms. The molecule has 2 amide bonds. The first-order chi connectivity index (χ1) is 9.54. The molecule has 1 atom stereocenters. The molecule has 4 nitrogen and oxygen atoms in total. The molecule has 0 bridgehead atoms. The summed E-state index contributed by atoms with van der Waals surface area (Å²) in [4.78, 5) is 16.2. The highest BCUT2D eigenvalue weighted by molar-refractivity contribution is 7.09. The predicted octanol–water partition coefficient (Wildman–Crippen LogP) is 3.67. The highest BCUT2D eigenvalue weighted by Crippen LogP contribution is 2.17. The molecule has 0 saturated carbocycles. The third-order valence-corrected chi connectivity index (χ3v) is 4.12. The topological polar surface area (TPSA) is 54.0 Å². The maximum atomic E-state index is 11.8. The lowest BCUT2D eigenvalue weighted by Crippen LogP contribution is -2.36. The van der Waals surface area contributed by atoms with Crippen molar-refractivity contribution >= 4 is 29.0 Å². The number of rotatable bonds is 4. The fourth-order valence-electron chi connectivity index (χ4n) is 1.67. The summed E-state index contributed by atoms with van der Waals surface area (Å²) in [5.41, 5.74) is 1.97. The number of aromatic nitrogens is 1. The number of carbonyl (C=O) groups excluding carboxylic acids is 1. The molecule has 0 aliphatic rings. The normalized spacial score (nSPS) is 11.9. The van der Waals surface area contributed by atoms with Crippen molar-refractivity contribution in [2.45, 2.75) is 26.4 Å². The van der Waals surface area contributed by atoms with Crippen LogP contribution in [0.5, 0.6) is 0 Å². The lowest BCUT2D eigenvalue weighted by molar-refractivity contribution is 0.237. The van der Waals surface area contributed by atoms with E-state index in [4.69, 9.17) is 11.6 Å². The van der Waals surface area contributed by atoms with E-state index in [9.17, 15) is 4.79 Å². The van der Waals surface area contributed by atoms with Crippen LogP contribution in [0.3, 0.4) is 0 Å².